The molecular weight excluding hydrogens is 376 g/mol. The lowest BCUT2D eigenvalue weighted by Gasteiger charge is -2.20. The lowest BCUT2D eigenvalue weighted by atomic mass is 9.97. The van der Waals surface area contributed by atoms with E-state index in [0.717, 1.165) is 74.8 Å². The number of aryl methyl sites for hydroxylation is 2. The first-order chi connectivity index (χ1) is 13.6. The number of hydrogen-bond acceptors (Lipinski definition) is 5. The van der Waals surface area contributed by atoms with Gasteiger partial charge in [0.15, 0.2) is 0 Å². The number of carbonyl (C=O) groups is 2. The first-order valence-electron chi connectivity index (χ1n) is 10.2. The SMILES string of the molecule is O=C(Cn1cnc2sc3c(c2c1=O)CCCC3)NCC(=O)N1CCCCCC1. The van der Waals surface area contributed by atoms with Gasteiger partial charge in [-0.25, -0.2) is 4.98 Å². The van der Waals surface area contributed by atoms with Crippen molar-refractivity contribution in [3.63, 3.8) is 0 Å². The third kappa shape index (κ3) is 3.97. The fourth-order valence-electron chi connectivity index (χ4n) is 4.11. The molecule has 28 heavy (non-hydrogen) atoms. The van der Waals surface area contributed by atoms with Crippen molar-refractivity contribution in [1.82, 2.24) is 19.8 Å². The number of likely N-dealkylation sites (tertiary alicyclic amines) is 1. The van der Waals surface area contributed by atoms with Crippen LogP contribution in [0.25, 0.3) is 10.2 Å². The van der Waals surface area contributed by atoms with Gasteiger partial charge in [0, 0.05) is 18.0 Å². The van der Waals surface area contributed by atoms with Crippen molar-refractivity contribution in [2.45, 2.75) is 57.9 Å². The van der Waals surface area contributed by atoms with Crippen LogP contribution in [-0.2, 0) is 29.0 Å². The summed E-state index contributed by atoms with van der Waals surface area (Å²) in [6.45, 7) is 1.40. The molecule has 0 saturated carbocycles. The Bertz CT molecular complexity index is 941. The summed E-state index contributed by atoms with van der Waals surface area (Å²) in [7, 11) is 0. The van der Waals surface area contributed by atoms with Crippen molar-refractivity contribution in [3.05, 3.63) is 27.1 Å². The molecular formula is C20H26N4O3S. The van der Waals surface area contributed by atoms with Crippen molar-refractivity contribution < 1.29 is 9.59 Å². The van der Waals surface area contributed by atoms with Gasteiger partial charge in [-0.1, -0.05) is 12.8 Å². The molecule has 1 saturated heterocycles. The maximum Gasteiger partial charge on any atom is 0.262 e. The van der Waals surface area contributed by atoms with E-state index in [1.54, 1.807) is 11.3 Å². The Balaban J connectivity index is 1.41. The molecule has 0 radical (unpaired) electrons. The Kier molecular flexibility index (Phi) is 5.75. The second-order valence-corrected chi connectivity index (χ2v) is 8.72. The minimum absolute atomic E-state index is 0.0168. The molecule has 0 atom stereocenters. The summed E-state index contributed by atoms with van der Waals surface area (Å²) in [5.41, 5.74) is 0.966. The highest BCUT2D eigenvalue weighted by Gasteiger charge is 2.21. The zero-order chi connectivity index (χ0) is 19.5. The monoisotopic (exact) mass is 402 g/mol. The number of amides is 2. The quantitative estimate of drug-likeness (QED) is 0.846. The van der Waals surface area contributed by atoms with Gasteiger partial charge in [0.1, 0.15) is 11.4 Å². The maximum absolute atomic E-state index is 12.9. The van der Waals surface area contributed by atoms with E-state index < -0.39 is 0 Å². The van der Waals surface area contributed by atoms with E-state index in [1.807, 2.05) is 4.90 Å². The maximum atomic E-state index is 12.9. The number of fused-ring (bicyclic) bond motifs is 3. The average Bonchev–Trinajstić information content (AvgIpc) is 2.87. The zero-order valence-corrected chi connectivity index (χ0v) is 16.9. The third-order valence-corrected chi connectivity index (χ3v) is 6.85. The van der Waals surface area contributed by atoms with Gasteiger partial charge in [0.2, 0.25) is 11.8 Å². The second kappa shape index (κ2) is 8.43. The van der Waals surface area contributed by atoms with Crippen LogP contribution in [0.2, 0.25) is 0 Å². The van der Waals surface area contributed by atoms with Crippen molar-refractivity contribution >= 4 is 33.4 Å². The van der Waals surface area contributed by atoms with Crippen molar-refractivity contribution in [2.24, 2.45) is 0 Å². The predicted octanol–water partition coefficient (Wildman–Crippen LogP) is 1.86. The molecule has 2 amide bonds. The summed E-state index contributed by atoms with van der Waals surface area (Å²) in [6, 6.07) is 0. The first kappa shape index (κ1) is 19.1. The molecule has 1 fully saturated rings. The summed E-state index contributed by atoms with van der Waals surface area (Å²) < 4.78 is 1.36. The molecule has 0 bridgehead atoms. The van der Waals surface area contributed by atoms with Gasteiger partial charge in [0.05, 0.1) is 18.3 Å². The van der Waals surface area contributed by atoms with Crippen LogP contribution >= 0.6 is 11.3 Å². The molecule has 2 aliphatic rings. The van der Waals surface area contributed by atoms with Crippen molar-refractivity contribution in [3.8, 4) is 0 Å². The summed E-state index contributed by atoms with van der Waals surface area (Å²) >= 11 is 1.60. The molecule has 1 N–H and O–H groups in total. The number of aromatic nitrogens is 2. The fourth-order valence-corrected chi connectivity index (χ4v) is 5.33. The smallest absolute Gasteiger partial charge is 0.262 e. The van der Waals surface area contributed by atoms with Crippen molar-refractivity contribution in [2.75, 3.05) is 19.6 Å². The van der Waals surface area contributed by atoms with E-state index in [1.165, 1.54) is 15.8 Å². The van der Waals surface area contributed by atoms with Crippen LogP contribution in [0.4, 0.5) is 0 Å². The highest BCUT2D eigenvalue weighted by atomic mass is 32.1. The van der Waals surface area contributed by atoms with E-state index in [-0.39, 0.29) is 30.5 Å². The molecule has 2 aromatic heterocycles. The van der Waals surface area contributed by atoms with Gasteiger partial charge in [-0.05, 0) is 44.1 Å². The van der Waals surface area contributed by atoms with Crippen LogP contribution < -0.4 is 10.9 Å². The molecule has 1 aliphatic heterocycles. The highest BCUT2D eigenvalue weighted by Crippen LogP contribution is 2.33. The topological polar surface area (TPSA) is 84.3 Å². The van der Waals surface area contributed by atoms with E-state index in [0.29, 0.717) is 5.39 Å². The predicted molar refractivity (Wildman–Crippen MR) is 109 cm³/mol. The Morgan fingerprint density at radius 3 is 2.61 bits per heavy atom. The van der Waals surface area contributed by atoms with Gasteiger partial charge in [-0.2, -0.15) is 0 Å². The fraction of sp³-hybridized carbons (Fsp3) is 0.600. The number of thiophene rings is 1. The molecule has 2 aromatic rings. The van der Waals surface area contributed by atoms with Gasteiger partial charge in [0.25, 0.3) is 5.56 Å². The number of nitrogens with zero attached hydrogens (tertiary/aromatic N) is 3. The zero-order valence-electron chi connectivity index (χ0n) is 16.0. The average molecular weight is 403 g/mol. The third-order valence-electron chi connectivity index (χ3n) is 5.65. The van der Waals surface area contributed by atoms with Crippen LogP contribution in [-0.4, -0.2) is 45.9 Å². The van der Waals surface area contributed by atoms with Crippen LogP contribution in [0.3, 0.4) is 0 Å². The largest absolute Gasteiger partial charge is 0.345 e. The van der Waals surface area contributed by atoms with E-state index in [9.17, 15) is 14.4 Å². The summed E-state index contributed by atoms with van der Waals surface area (Å²) in [5, 5.41) is 3.34. The summed E-state index contributed by atoms with van der Waals surface area (Å²) in [5.74, 6) is -0.390. The molecule has 7 nitrogen and oxygen atoms in total. The summed E-state index contributed by atoms with van der Waals surface area (Å²) in [4.78, 5) is 45.8. The molecule has 3 heterocycles. The molecule has 4 rings (SSSR count). The van der Waals surface area contributed by atoms with E-state index in [4.69, 9.17) is 0 Å². The minimum atomic E-state index is -0.337. The van der Waals surface area contributed by atoms with Crippen molar-refractivity contribution in [1.29, 1.82) is 0 Å². The molecule has 150 valence electrons. The van der Waals surface area contributed by atoms with Crippen LogP contribution in [0.15, 0.2) is 11.1 Å². The lowest BCUT2D eigenvalue weighted by molar-refractivity contribution is -0.133. The highest BCUT2D eigenvalue weighted by molar-refractivity contribution is 7.18. The summed E-state index contributed by atoms with van der Waals surface area (Å²) in [6.07, 6.45) is 9.96. The van der Waals surface area contributed by atoms with Gasteiger partial charge in [-0.15, -0.1) is 11.3 Å². The lowest BCUT2D eigenvalue weighted by Crippen LogP contribution is -2.42. The Labute approximate surface area is 167 Å². The molecule has 0 aromatic carbocycles. The number of nitrogens with one attached hydrogen (secondary N) is 1. The molecule has 0 spiro atoms. The molecule has 0 unspecified atom stereocenters. The van der Waals surface area contributed by atoms with Gasteiger partial charge < -0.3 is 10.2 Å². The van der Waals surface area contributed by atoms with E-state index >= 15 is 0 Å². The first-order valence-corrected chi connectivity index (χ1v) is 11.0. The Hall–Kier alpha value is -2.22. The van der Waals surface area contributed by atoms with E-state index in [2.05, 4.69) is 10.3 Å². The number of hydrogen-bond donors (Lipinski definition) is 1. The van der Waals surface area contributed by atoms with Gasteiger partial charge in [-0.3, -0.25) is 19.0 Å². The van der Waals surface area contributed by atoms with Crippen LogP contribution in [0.5, 0.6) is 0 Å². The molecule has 8 heteroatoms. The molecule has 1 aliphatic carbocycles. The Morgan fingerprint density at radius 2 is 1.82 bits per heavy atom. The second-order valence-electron chi connectivity index (χ2n) is 7.64. The minimum Gasteiger partial charge on any atom is -0.345 e. The van der Waals surface area contributed by atoms with Crippen LogP contribution in [0, 0.1) is 0 Å². The number of rotatable bonds is 4. The normalized spacial score (nSPS) is 17.2. The van der Waals surface area contributed by atoms with Crippen LogP contribution in [0.1, 0.15) is 49.0 Å². The number of carbonyl (C=O) groups excluding carboxylic acids is 2. The Morgan fingerprint density at radius 1 is 1.07 bits per heavy atom. The van der Waals surface area contributed by atoms with Gasteiger partial charge >= 0.3 is 0 Å². The standard InChI is InChI=1S/C20H26N4O3S/c25-16(21-11-17(26)23-9-5-1-2-6-10-23)12-24-13-22-19-18(20(24)27)14-7-3-4-8-15(14)28-19/h13H,1-12H2,(H,21,25).